The maximum absolute atomic E-state index is 12.3. The van der Waals surface area contributed by atoms with Gasteiger partial charge in [-0.05, 0) is 81.5 Å². The molecule has 314 valence electrons. The number of amides is 2. The van der Waals surface area contributed by atoms with E-state index in [-0.39, 0.29) is 35.5 Å². The van der Waals surface area contributed by atoms with Crippen molar-refractivity contribution >= 4 is 65.2 Å². The summed E-state index contributed by atoms with van der Waals surface area (Å²) in [4.78, 5) is 42.3. The summed E-state index contributed by atoms with van der Waals surface area (Å²) in [6.45, 7) is 8.51. The van der Waals surface area contributed by atoms with Crippen molar-refractivity contribution in [3.8, 4) is 0 Å². The van der Waals surface area contributed by atoms with E-state index >= 15 is 0 Å². The van der Waals surface area contributed by atoms with Crippen LogP contribution in [0.15, 0.2) is 82.3 Å². The number of hydrogen-bond donors (Lipinski definition) is 3. The van der Waals surface area contributed by atoms with Crippen molar-refractivity contribution in [3.63, 3.8) is 0 Å². The Hall–Kier alpha value is -4.53. The summed E-state index contributed by atoms with van der Waals surface area (Å²) in [6.07, 6.45) is 11.4. The summed E-state index contributed by atoms with van der Waals surface area (Å²) in [5, 5.41) is 0.522. The summed E-state index contributed by atoms with van der Waals surface area (Å²) < 4.78 is 102. The summed E-state index contributed by atoms with van der Waals surface area (Å²) in [7, 11) is -13.1. The van der Waals surface area contributed by atoms with Gasteiger partial charge in [0.2, 0.25) is 5.69 Å². The van der Waals surface area contributed by atoms with E-state index in [4.69, 9.17) is 4.84 Å². The molecule has 0 spiro atoms. The molecule has 3 aliphatic rings. The maximum Gasteiger partial charge on any atom is 0.333 e. The Labute approximate surface area is 338 Å². The molecule has 3 N–H and O–H groups in total. The number of imide groups is 1. The summed E-state index contributed by atoms with van der Waals surface area (Å²) >= 11 is 0. The van der Waals surface area contributed by atoms with Gasteiger partial charge in [0.15, 0.2) is 5.71 Å². The van der Waals surface area contributed by atoms with Crippen LogP contribution in [-0.2, 0) is 60.4 Å². The van der Waals surface area contributed by atoms with Crippen molar-refractivity contribution in [3.05, 3.63) is 83.6 Å². The van der Waals surface area contributed by atoms with Gasteiger partial charge in [-0.3, -0.25) is 23.2 Å². The first-order valence-corrected chi connectivity index (χ1v) is 23.2. The number of fused-ring (bicyclic) bond motifs is 2. The highest BCUT2D eigenvalue weighted by molar-refractivity contribution is 7.86. The molecule has 16 nitrogen and oxygen atoms in total. The molecule has 2 amide bonds. The van der Waals surface area contributed by atoms with Crippen LogP contribution >= 0.6 is 0 Å². The lowest BCUT2D eigenvalue weighted by Gasteiger charge is -2.27. The predicted molar refractivity (Wildman–Crippen MR) is 213 cm³/mol. The smallest absolute Gasteiger partial charge is 0.333 e. The van der Waals surface area contributed by atoms with Crippen LogP contribution in [-0.4, -0.2) is 90.9 Å². The number of anilines is 1. The van der Waals surface area contributed by atoms with E-state index in [2.05, 4.69) is 0 Å². The normalized spacial score (nSPS) is 18.6. The molecule has 0 atom stereocenters. The van der Waals surface area contributed by atoms with Gasteiger partial charge in [0, 0.05) is 66.7 Å². The van der Waals surface area contributed by atoms with E-state index in [0.29, 0.717) is 60.7 Å². The fraction of sp³-hybridized carbons (Fsp3) is 0.436. The number of carbonyl (C=O) groups excluding carboxylic acids is 3. The number of rotatable bonds is 17. The first-order chi connectivity index (χ1) is 26.9. The Kier molecular flexibility index (Phi) is 13.1. The number of hydrogen-bond acceptors (Lipinski definition) is 11. The van der Waals surface area contributed by atoms with Gasteiger partial charge < -0.3 is 9.74 Å². The molecule has 0 bridgehead atoms. The molecular formula is C39H48N3O13S3+. The number of unbranched alkanes of at least 4 members (excludes halogenated alkanes) is 3. The van der Waals surface area contributed by atoms with Gasteiger partial charge in [0.25, 0.3) is 42.2 Å². The first kappa shape index (κ1) is 44.6. The van der Waals surface area contributed by atoms with Crippen LogP contribution in [0.3, 0.4) is 0 Å². The lowest BCUT2D eigenvalue weighted by Crippen LogP contribution is -2.31. The van der Waals surface area contributed by atoms with Gasteiger partial charge in [0.1, 0.15) is 6.54 Å². The van der Waals surface area contributed by atoms with Crippen molar-refractivity contribution in [2.45, 2.75) is 99.7 Å². The number of allylic oxidation sites excluding steroid dienone is 6. The summed E-state index contributed by atoms with van der Waals surface area (Å²) in [5.41, 5.74) is 2.90. The average molecular weight is 863 g/mol. The number of benzene rings is 2. The van der Waals surface area contributed by atoms with E-state index in [1.165, 1.54) is 24.3 Å². The Morgan fingerprint density at radius 3 is 2.02 bits per heavy atom. The highest BCUT2D eigenvalue weighted by Gasteiger charge is 2.45. The summed E-state index contributed by atoms with van der Waals surface area (Å²) in [5.74, 6) is -2.19. The molecule has 1 saturated heterocycles. The van der Waals surface area contributed by atoms with Gasteiger partial charge in [-0.25, -0.2) is 4.79 Å². The summed E-state index contributed by atoms with van der Waals surface area (Å²) in [6, 6.07) is 8.74. The number of hydroxylamine groups is 2. The molecule has 3 heterocycles. The van der Waals surface area contributed by atoms with Gasteiger partial charge in [-0.1, -0.05) is 32.1 Å². The fourth-order valence-corrected chi connectivity index (χ4v) is 9.13. The molecule has 1 fully saturated rings. The minimum atomic E-state index is -4.49. The molecule has 2 aromatic rings. The molecule has 5 rings (SSSR count). The lowest BCUT2D eigenvalue weighted by molar-refractivity contribution is -0.438. The molecule has 0 aromatic heterocycles. The average Bonchev–Trinajstić information content (AvgIpc) is 3.63. The van der Waals surface area contributed by atoms with E-state index in [1.54, 1.807) is 24.3 Å². The fourth-order valence-electron chi connectivity index (χ4n) is 7.55. The zero-order valence-corrected chi connectivity index (χ0v) is 35.1. The molecular weight excluding hydrogens is 815 g/mol. The van der Waals surface area contributed by atoms with E-state index in [0.717, 1.165) is 17.1 Å². The van der Waals surface area contributed by atoms with E-state index < -0.39 is 64.7 Å². The van der Waals surface area contributed by atoms with Gasteiger partial charge in [-0.2, -0.15) is 29.8 Å². The zero-order chi connectivity index (χ0) is 42.8. The Morgan fingerprint density at radius 1 is 0.776 bits per heavy atom. The Bertz CT molecular complexity index is 2450. The molecule has 0 saturated carbocycles. The zero-order valence-electron chi connectivity index (χ0n) is 32.6. The Morgan fingerprint density at radius 2 is 1.40 bits per heavy atom. The van der Waals surface area contributed by atoms with Gasteiger partial charge in [-0.15, -0.1) is 5.06 Å². The van der Waals surface area contributed by atoms with E-state index in [1.807, 2.05) is 55.4 Å². The third-order valence-corrected chi connectivity index (χ3v) is 13.1. The number of nitrogens with zero attached hydrogens (tertiary/aromatic N) is 3. The second-order valence-electron chi connectivity index (χ2n) is 15.4. The van der Waals surface area contributed by atoms with Crippen molar-refractivity contribution in [1.82, 2.24) is 5.06 Å². The van der Waals surface area contributed by atoms with E-state index in [9.17, 15) is 53.3 Å². The van der Waals surface area contributed by atoms with Crippen molar-refractivity contribution in [2.75, 3.05) is 23.7 Å². The minimum Gasteiger partial charge on any atom is -0.344 e. The molecule has 0 radical (unpaired) electrons. The Balaban J connectivity index is 1.38. The third-order valence-electron chi connectivity index (χ3n) is 10.5. The molecule has 0 unspecified atom stereocenters. The highest BCUT2D eigenvalue weighted by Crippen LogP contribution is 2.48. The molecule has 0 aliphatic carbocycles. The quantitative estimate of drug-likeness (QED) is 0.0611. The van der Waals surface area contributed by atoms with Gasteiger partial charge in [0.05, 0.1) is 21.0 Å². The van der Waals surface area contributed by atoms with Crippen molar-refractivity contribution in [1.29, 1.82) is 0 Å². The standard InChI is InChI=1S/C39H47N3O13S3/c1-38(2)29-25-27(57(49,50)51)16-18-31(29)40(22-10-6-9-15-37(45)55-42-35(43)20-21-36(42)44)33(38)13-7-5-8-14-34-39(3,4)30-26-28(58(52,53)54)17-19-32(30)41(34)23-11-12-24-56(46,47)48/h5,7-8,13-14,16-19,25-26H,6,9-12,15,20-24H2,1-4H3,(H2-,46,47,48,49,50,51,52,53,54)/p+1. The van der Waals surface area contributed by atoms with Crippen LogP contribution < -0.4 is 4.90 Å². The second kappa shape index (κ2) is 17.0. The topological polar surface area (TPSA) is 233 Å². The van der Waals surface area contributed by atoms with Crippen LogP contribution in [0.25, 0.3) is 0 Å². The van der Waals surface area contributed by atoms with Crippen LogP contribution in [0.1, 0.15) is 90.2 Å². The van der Waals surface area contributed by atoms with Crippen LogP contribution in [0, 0.1) is 0 Å². The highest BCUT2D eigenvalue weighted by atomic mass is 32.2. The van der Waals surface area contributed by atoms with Crippen molar-refractivity contribution < 1.29 is 62.7 Å². The molecule has 2 aromatic carbocycles. The molecule has 19 heteroatoms. The largest absolute Gasteiger partial charge is 0.344 e. The maximum atomic E-state index is 12.3. The predicted octanol–water partition coefficient (Wildman–Crippen LogP) is 5.19. The van der Waals surface area contributed by atoms with Crippen LogP contribution in [0.4, 0.5) is 11.4 Å². The first-order valence-electron chi connectivity index (χ1n) is 18.7. The SMILES string of the molecule is CC1(C)C(/C=C/C=C/C=C2/N(CCCCS(=O)(=O)O)c3ccc(S(=O)(=O)O)cc3C2(C)C)=[N+](CCCCCC(=O)ON2C(=O)CCC2=O)c2ccc(S(=O)(=O)O)cc21. The van der Waals surface area contributed by atoms with Gasteiger partial charge >= 0.3 is 5.97 Å². The van der Waals surface area contributed by atoms with Crippen LogP contribution in [0.5, 0.6) is 0 Å². The lowest BCUT2D eigenvalue weighted by atomic mass is 9.81. The molecule has 58 heavy (non-hydrogen) atoms. The van der Waals surface area contributed by atoms with Crippen molar-refractivity contribution in [2.24, 2.45) is 0 Å². The minimum absolute atomic E-state index is 0.000777. The van der Waals surface area contributed by atoms with Crippen LogP contribution in [0.2, 0.25) is 0 Å². The third kappa shape index (κ3) is 10.0. The second-order valence-corrected chi connectivity index (χ2v) is 19.8. The molecule has 3 aliphatic heterocycles. The monoisotopic (exact) mass is 862 g/mol. The number of carbonyl (C=O) groups is 3.